The molecule has 0 amide bonds. The number of imidazole rings is 1. The molecule has 0 atom stereocenters. The smallest absolute Gasteiger partial charge is 0.198 e. The van der Waals surface area contributed by atoms with Gasteiger partial charge in [-0.05, 0) is 33.8 Å². The van der Waals surface area contributed by atoms with E-state index in [2.05, 4.69) is 44.1 Å². The van der Waals surface area contributed by atoms with Gasteiger partial charge in [0.15, 0.2) is 5.95 Å². The Hall–Kier alpha value is -2.07. The van der Waals surface area contributed by atoms with E-state index in [4.69, 9.17) is 5.73 Å². The lowest BCUT2D eigenvalue weighted by Crippen LogP contribution is -1.87. The maximum Gasteiger partial charge on any atom is 0.198 e. The number of nitrogen functional groups attached to an aromatic ring is 1. The molecule has 1 aromatic heterocycles. The minimum atomic E-state index is 0.441. The molecule has 4 heteroatoms. The van der Waals surface area contributed by atoms with Gasteiger partial charge in [0.2, 0.25) is 0 Å². The summed E-state index contributed by atoms with van der Waals surface area (Å²) in [4.78, 5) is 9.19. The predicted molar refractivity (Wildman–Crippen MR) is 83.0 cm³/mol. The summed E-state index contributed by atoms with van der Waals surface area (Å²) in [5.41, 5.74) is 10.9. The van der Waals surface area contributed by atoms with Crippen LogP contribution in [0.25, 0.3) is 16.6 Å². The number of H-pyrrole nitrogens is 1. The molecule has 0 aliphatic heterocycles. The second kappa shape index (κ2) is 4.90. The van der Waals surface area contributed by atoms with Crippen LogP contribution >= 0.6 is 15.9 Å². The highest BCUT2D eigenvalue weighted by atomic mass is 79.9. The van der Waals surface area contributed by atoms with Crippen LogP contribution in [-0.4, -0.2) is 9.97 Å². The fourth-order valence-corrected chi connectivity index (χ4v) is 2.64. The minimum Gasteiger partial charge on any atom is -0.369 e. The van der Waals surface area contributed by atoms with E-state index < -0.39 is 0 Å². The molecule has 94 valence electrons. The molecule has 0 fully saturated rings. The second-order valence-corrected chi connectivity index (χ2v) is 4.70. The largest absolute Gasteiger partial charge is 0.369 e. The van der Waals surface area contributed by atoms with Crippen molar-refractivity contribution in [3.05, 3.63) is 64.6 Å². The Bertz CT molecular complexity index is 744. The van der Waals surface area contributed by atoms with Gasteiger partial charge in [0.1, 0.15) is 0 Å². The van der Waals surface area contributed by atoms with Gasteiger partial charge in [-0.3, -0.25) is 0 Å². The Morgan fingerprint density at radius 2 is 1.89 bits per heavy atom. The molecule has 0 aliphatic rings. The Kier molecular flexibility index (Phi) is 3.09. The molecule has 0 saturated heterocycles. The van der Waals surface area contributed by atoms with Crippen molar-refractivity contribution < 1.29 is 0 Å². The summed E-state index contributed by atoms with van der Waals surface area (Å²) in [7, 11) is 0. The normalized spacial score (nSPS) is 11.9. The third-order valence-electron chi connectivity index (χ3n) is 3.01. The lowest BCUT2D eigenvalue weighted by Gasteiger charge is -2.07. The molecule has 0 unspecified atom stereocenters. The van der Waals surface area contributed by atoms with Gasteiger partial charge in [-0.2, -0.15) is 0 Å². The minimum absolute atomic E-state index is 0.441. The molecule has 1 heterocycles. The fourth-order valence-electron chi connectivity index (χ4n) is 2.11. The summed E-state index contributed by atoms with van der Waals surface area (Å²) < 4.78 is 0. The van der Waals surface area contributed by atoms with E-state index in [0.717, 1.165) is 27.7 Å². The zero-order chi connectivity index (χ0) is 13.2. The number of rotatable bonds is 2. The Labute approximate surface area is 119 Å². The highest BCUT2D eigenvalue weighted by molar-refractivity contribution is 9.11. The first-order chi connectivity index (χ1) is 9.28. The van der Waals surface area contributed by atoms with Crippen LogP contribution in [0.4, 0.5) is 5.95 Å². The van der Waals surface area contributed by atoms with Gasteiger partial charge in [0.05, 0.1) is 11.0 Å². The number of fused-ring (bicyclic) bond motifs is 1. The maximum atomic E-state index is 5.67. The van der Waals surface area contributed by atoms with Gasteiger partial charge in [-0.1, -0.05) is 52.3 Å². The average molecular weight is 314 g/mol. The van der Waals surface area contributed by atoms with Crippen molar-refractivity contribution in [3.63, 3.8) is 0 Å². The zero-order valence-electron chi connectivity index (χ0n) is 10.1. The molecular formula is C15H12BrN3. The van der Waals surface area contributed by atoms with E-state index in [1.54, 1.807) is 0 Å². The number of nitrogens with zero attached hydrogens (tertiary/aromatic N) is 1. The number of aromatic nitrogens is 2. The van der Waals surface area contributed by atoms with Crippen molar-refractivity contribution in [2.24, 2.45) is 0 Å². The van der Waals surface area contributed by atoms with Crippen LogP contribution in [-0.2, 0) is 0 Å². The van der Waals surface area contributed by atoms with Crippen LogP contribution in [0.2, 0.25) is 0 Å². The van der Waals surface area contributed by atoms with Crippen molar-refractivity contribution in [2.75, 3.05) is 5.73 Å². The van der Waals surface area contributed by atoms with Crippen molar-refractivity contribution in [3.8, 4) is 0 Å². The molecule has 3 aromatic rings. The van der Waals surface area contributed by atoms with E-state index in [1.807, 2.05) is 35.3 Å². The van der Waals surface area contributed by atoms with Crippen molar-refractivity contribution >= 4 is 38.5 Å². The second-order valence-electron chi connectivity index (χ2n) is 4.24. The number of hydrogen-bond donors (Lipinski definition) is 2. The standard InChI is InChI=1S/C15H12BrN3/c16-9-12(10-4-2-1-3-5-10)11-6-7-13-14(8-11)19-15(17)18-13/h1-9H,(H3,17,18,19)/b12-9+. The molecule has 19 heavy (non-hydrogen) atoms. The van der Waals surface area contributed by atoms with E-state index in [1.165, 1.54) is 0 Å². The summed E-state index contributed by atoms with van der Waals surface area (Å²) >= 11 is 3.45. The molecule has 3 nitrogen and oxygen atoms in total. The van der Waals surface area contributed by atoms with Gasteiger partial charge < -0.3 is 10.7 Å². The third-order valence-corrected chi connectivity index (χ3v) is 3.46. The van der Waals surface area contributed by atoms with Crippen molar-refractivity contribution in [1.82, 2.24) is 9.97 Å². The molecule has 3 N–H and O–H groups in total. The van der Waals surface area contributed by atoms with Crippen molar-refractivity contribution in [2.45, 2.75) is 0 Å². The van der Waals surface area contributed by atoms with Gasteiger partial charge >= 0.3 is 0 Å². The van der Waals surface area contributed by atoms with Crippen molar-refractivity contribution in [1.29, 1.82) is 0 Å². The molecule has 2 aromatic carbocycles. The Morgan fingerprint density at radius 1 is 1.11 bits per heavy atom. The number of halogens is 1. The summed E-state index contributed by atoms with van der Waals surface area (Å²) in [6.45, 7) is 0. The van der Waals surface area contributed by atoms with Gasteiger partial charge in [-0.15, -0.1) is 0 Å². The van der Waals surface area contributed by atoms with Crippen LogP contribution in [0.1, 0.15) is 11.1 Å². The van der Waals surface area contributed by atoms with Crippen LogP contribution in [0.5, 0.6) is 0 Å². The van der Waals surface area contributed by atoms with Crippen LogP contribution < -0.4 is 5.73 Å². The fraction of sp³-hybridized carbons (Fsp3) is 0. The molecule has 0 saturated carbocycles. The zero-order valence-corrected chi connectivity index (χ0v) is 11.7. The number of nitrogens with two attached hydrogens (primary N) is 1. The molecule has 0 aliphatic carbocycles. The highest BCUT2D eigenvalue weighted by Gasteiger charge is 2.07. The van der Waals surface area contributed by atoms with Crippen LogP contribution in [0.3, 0.4) is 0 Å². The Morgan fingerprint density at radius 3 is 2.63 bits per heavy atom. The molecule has 0 radical (unpaired) electrons. The van der Waals surface area contributed by atoms with Crippen LogP contribution in [0.15, 0.2) is 53.5 Å². The van der Waals surface area contributed by atoms with E-state index in [0.29, 0.717) is 5.95 Å². The maximum absolute atomic E-state index is 5.67. The first-order valence-electron chi connectivity index (χ1n) is 5.89. The lowest BCUT2D eigenvalue weighted by atomic mass is 9.99. The molecule has 0 spiro atoms. The van der Waals surface area contributed by atoms with E-state index >= 15 is 0 Å². The van der Waals surface area contributed by atoms with Gasteiger partial charge in [0, 0.05) is 0 Å². The highest BCUT2D eigenvalue weighted by Crippen LogP contribution is 2.27. The predicted octanol–water partition coefficient (Wildman–Crippen LogP) is 3.93. The summed E-state index contributed by atoms with van der Waals surface area (Å²) in [5.74, 6) is 0.441. The molecule has 0 bridgehead atoms. The van der Waals surface area contributed by atoms with E-state index in [-0.39, 0.29) is 0 Å². The lowest BCUT2D eigenvalue weighted by molar-refractivity contribution is 1.35. The number of hydrogen-bond acceptors (Lipinski definition) is 2. The monoisotopic (exact) mass is 313 g/mol. The van der Waals surface area contributed by atoms with Gasteiger partial charge in [-0.25, -0.2) is 4.98 Å². The molecular weight excluding hydrogens is 302 g/mol. The average Bonchev–Trinajstić information content (AvgIpc) is 2.80. The number of anilines is 1. The Balaban J connectivity index is 2.12. The van der Waals surface area contributed by atoms with Crippen LogP contribution in [0, 0.1) is 0 Å². The summed E-state index contributed by atoms with van der Waals surface area (Å²) in [5, 5.41) is 0. The summed E-state index contributed by atoms with van der Waals surface area (Å²) in [6, 6.07) is 16.3. The number of benzene rings is 2. The van der Waals surface area contributed by atoms with E-state index in [9.17, 15) is 0 Å². The first kappa shape index (κ1) is 12.0. The quantitative estimate of drug-likeness (QED) is 0.753. The van der Waals surface area contributed by atoms with Gasteiger partial charge in [0.25, 0.3) is 0 Å². The summed E-state index contributed by atoms with van der Waals surface area (Å²) in [6.07, 6.45) is 0. The third kappa shape index (κ3) is 2.27. The first-order valence-corrected chi connectivity index (χ1v) is 6.81. The SMILES string of the molecule is Nc1nc2ccc(/C(=C/Br)c3ccccc3)cc2[nH]1. The molecule has 3 rings (SSSR count). The number of aromatic amines is 1. The number of nitrogens with one attached hydrogen (secondary N) is 1. The topological polar surface area (TPSA) is 54.7 Å².